The molecule has 1 saturated heterocycles. The molecule has 2 rings (SSSR count). The second-order valence-corrected chi connectivity index (χ2v) is 3.76. The van der Waals surface area contributed by atoms with E-state index in [1.807, 2.05) is 32.0 Å². The number of morpholine rings is 1. The first kappa shape index (κ1) is 13.7. The molecule has 1 aromatic rings. The van der Waals surface area contributed by atoms with Crippen LogP contribution in [0.15, 0.2) is 18.2 Å². The van der Waals surface area contributed by atoms with Crippen molar-refractivity contribution in [1.29, 1.82) is 0 Å². The van der Waals surface area contributed by atoms with Crippen molar-refractivity contribution in [3.63, 3.8) is 0 Å². The minimum atomic E-state index is 0.738. The zero-order chi connectivity index (χ0) is 12.7. The van der Waals surface area contributed by atoms with E-state index in [4.69, 9.17) is 4.74 Å². The highest BCUT2D eigenvalue weighted by Gasteiger charge is 2.13. The summed E-state index contributed by atoms with van der Waals surface area (Å²) in [4.78, 5) is 13.0. The largest absolute Gasteiger partial charge is 0.378 e. The second-order valence-electron chi connectivity index (χ2n) is 3.76. The van der Waals surface area contributed by atoms with Gasteiger partial charge in [0, 0.05) is 24.3 Å². The van der Waals surface area contributed by atoms with Crippen molar-refractivity contribution >= 4 is 12.0 Å². The second kappa shape index (κ2) is 7.07. The molecule has 3 nitrogen and oxygen atoms in total. The number of ether oxygens (including phenoxy) is 1. The van der Waals surface area contributed by atoms with Crippen LogP contribution >= 0.6 is 0 Å². The van der Waals surface area contributed by atoms with E-state index in [1.165, 1.54) is 5.56 Å². The van der Waals surface area contributed by atoms with E-state index in [1.54, 1.807) is 0 Å². The van der Waals surface area contributed by atoms with Crippen molar-refractivity contribution in [2.45, 2.75) is 20.8 Å². The van der Waals surface area contributed by atoms with Gasteiger partial charge >= 0.3 is 0 Å². The summed E-state index contributed by atoms with van der Waals surface area (Å²) in [6.45, 7) is 9.42. The Morgan fingerprint density at radius 3 is 2.47 bits per heavy atom. The van der Waals surface area contributed by atoms with E-state index in [9.17, 15) is 4.79 Å². The molecule has 1 fully saturated rings. The highest BCUT2D eigenvalue weighted by atomic mass is 16.5. The van der Waals surface area contributed by atoms with Gasteiger partial charge in [0.2, 0.25) is 0 Å². The number of aldehydes is 1. The number of aryl methyl sites for hydroxylation is 1. The molecule has 94 valence electrons. The lowest BCUT2D eigenvalue weighted by atomic mass is 10.1. The summed E-state index contributed by atoms with van der Waals surface area (Å²) < 4.78 is 5.31. The first-order valence-electron chi connectivity index (χ1n) is 6.20. The van der Waals surface area contributed by atoms with Gasteiger partial charge in [0.1, 0.15) is 6.29 Å². The summed E-state index contributed by atoms with van der Waals surface area (Å²) in [7, 11) is 0. The van der Waals surface area contributed by atoms with Gasteiger partial charge in [0.15, 0.2) is 0 Å². The molecular formula is C14H21NO2. The van der Waals surface area contributed by atoms with Crippen LogP contribution in [0, 0.1) is 6.92 Å². The topological polar surface area (TPSA) is 29.5 Å². The Morgan fingerprint density at radius 1 is 1.24 bits per heavy atom. The predicted molar refractivity (Wildman–Crippen MR) is 70.9 cm³/mol. The number of benzene rings is 1. The number of carbonyl (C=O) groups excluding carboxylic acids is 1. The lowest BCUT2D eigenvalue weighted by Gasteiger charge is -2.30. The van der Waals surface area contributed by atoms with Crippen LogP contribution in [0.5, 0.6) is 0 Å². The molecule has 0 atom stereocenters. The van der Waals surface area contributed by atoms with Gasteiger partial charge < -0.3 is 9.64 Å². The molecule has 0 amide bonds. The normalized spacial score (nSPS) is 14.9. The van der Waals surface area contributed by atoms with E-state index in [0.717, 1.165) is 43.8 Å². The average Bonchev–Trinajstić information content (AvgIpc) is 2.42. The summed E-state index contributed by atoms with van der Waals surface area (Å²) in [6, 6.07) is 5.80. The predicted octanol–water partition coefficient (Wildman–Crippen LogP) is 2.67. The molecule has 0 bridgehead atoms. The van der Waals surface area contributed by atoms with Crippen molar-refractivity contribution in [3.8, 4) is 0 Å². The Kier molecular flexibility index (Phi) is 5.70. The maximum absolute atomic E-state index is 10.7. The molecular weight excluding hydrogens is 214 g/mol. The molecule has 0 unspecified atom stereocenters. The number of anilines is 1. The molecule has 0 radical (unpaired) electrons. The minimum absolute atomic E-state index is 0.738. The molecule has 17 heavy (non-hydrogen) atoms. The van der Waals surface area contributed by atoms with Crippen LogP contribution in [-0.2, 0) is 4.74 Å². The van der Waals surface area contributed by atoms with Crippen molar-refractivity contribution in [3.05, 3.63) is 29.3 Å². The van der Waals surface area contributed by atoms with Crippen LogP contribution in [-0.4, -0.2) is 32.6 Å². The number of hydrogen-bond donors (Lipinski definition) is 0. The molecule has 0 aromatic heterocycles. The SMILES string of the molecule is CC.Cc1ccc(C=O)cc1N1CCOCC1. The fourth-order valence-electron chi connectivity index (χ4n) is 1.84. The Balaban J connectivity index is 0.000000686. The van der Waals surface area contributed by atoms with Crippen LogP contribution in [0.3, 0.4) is 0 Å². The number of hydrogen-bond acceptors (Lipinski definition) is 3. The van der Waals surface area contributed by atoms with Gasteiger partial charge in [0.25, 0.3) is 0 Å². The zero-order valence-electron chi connectivity index (χ0n) is 10.9. The van der Waals surface area contributed by atoms with Gasteiger partial charge in [-0.05, 0) is 18.6 Å². The van der Waals surface area contributed by atoms with Gasteiger partial charge in [-0.3, -0.25) is 4.79 Å². The first-order valence-corrected chi connectivity index (χ1v) is 6.20. The number of carbonyl (C=O) groups is 1. The van der Waals surface area contributed by atoms with Crippen molar-refractivity contribution in [2.24, 2.45) is 0 Å². The number of rotatable bonds is 2. The molecule has 1 aliphatic rings. The highest BCUT2D eigenvalue weighted by molar-refractivity contribution is 5.78. The van der Waals surface area contributed by atoms with Gasteiger partial charge in [-0.1, -0.05) is 26.0 Å². The van der Waals surface area contributed by atoms with Gasteiger partial charge in [-0.25, -0.2) is 0 Å². The summed E-state index contributed by atoms with van der Waals surface area (Å²) in [5.41, 5.74) is 3.10. The van der Waals surface area contributed by atoms with Gasteiger partial charge in [-0.15, -0.1) is 0 Å². The van der Waals surface area contributed by atoms with Crippen molar-refractivity contribution in [1.82, 2.24) is 0 Å². The Morgan fingerprint density at radius 2 is 1.88 bits per heavy atom. The van der Waals surface area contributed by atoms with Crippen LogP contribution in [0.1, 0.15) is 29.8 Å². The third-order valence-corrected chi connectivity index (χ3v) is 2.72. The van der Waals surface area contributed by atoms with Crippen LogP contribution < -0.4 is 4.90 Å². The summed E-state index contributed by atoms with van der Waals surface area (Å²) >= 11 is 0. The average molecular weight is 235 g/mol. The molecule has 1 heterocycles. The Labute approximate surface area is 103 Å². The van der Waals surface area contributed by atoms with E-state index in [2.05, 4.69) is 11.8 Å². The quantitative estimate of drug-likeness (QED) is 0.738. The maximum Gasteiger partial charge on any atom is 0.150 e. The summed E-state index contributed by atoms with van der Waals surface area (Å²) in [6.07, 6.45) is 0.892. The maximum atomic E-state index is 10.7. The monoisotopic (exact) mass is 235 g/mol. The van der Waals surface area contributed by atoms with Crippen LogP contribution in [0.4, 0.5) is 5.69 Å². The van der Waals surface area contributed by atoms with E-state index >= 15 is 0 Å². The molecule has 1 aliphatic heterocycles. The van der Waals surface area contributed by atoms with E-state index < -0.39 is 0 Å². The molecule has 0 N–H and O–H groups in total. The van der Waals surface area contributed by atoms with E-state index in [-0.39, 0.29) is 0 Å². The molecule has 0 aliphatic carbocycles. The fraction of sp³-hybridized carbons (Fsp3) is 0.500. The van der Waals surface area contributed by atoms with Crippen molar-refractivity contribution in [2.75, 3.05) is 31.2 Å². The Hall–Kier alpha value is -1.35. The van der Waals surface area contributed by atoms with E-state index in [0.29, 0.717) is 0 Å². The van der Waals surface area contributed by atoms with Gasteiger partial charge in [-0.2, -0.15) is 0 Å². The van der Waals surface area contributed by atoms with Crippen LogP contribution in [0.25, 0.3) is 0 Å². The van der Waals surface area contributed by atoms with Gasteiger partial charge in [0.05, 0.1) is 13.2 Å². The fourth-order valence-corrected chi connectivity index (χ4v) is 1.84. The third kappa shape index (κ3) is 3.56. The molecule has 0 spiro atoms. The standard InChI is InChI=1S/C12H15NO2.C2H6/c1-10-2-3-11(9-14)8-12(10)13-4-6-15-7-5-13;1-2/h2-3,8-9H,4-7H2,1H3;1-2H3. The van der Waals surface area contributed by atoms with Crippen LogP contribution in [0.2, 0.25) is 0 Å². The zero-order valence-corrected chi connectivity index (χ0v) is 10.9. The lowest BCUT2D eigenvalue weighted by Crippen LogP contribution is -2.36. The molecule has 1 aromatic carbocycles. The lowest BCUT2D eigenvalue weighted by molar-refractivity contribution is 0.112. The Bertz CT molecular complexity index is 357. The summed E-state index contributed by atoms with van der Waals surface area (Å²) in [5, 5.41) is 0. The smallest absolute Gasteiger partial charge is 0.150 e. The van der Waals surface area contributed by atoms with Crippen molar-refractivity contribution < 1.29 is 9.53 Å². The third-order valence-electron chi connectivity index (χ3n) is 2.72. The molecule has 3 heteroatoms. The number of nitrogens with zero attached hydrogens (tertiary/aromatic N) is 1. The first-order chi connectivity index (χ1) is 8.31. The highest BCUT2D eigenvalue weighted by Crippen LogP contribution is 2.21. The minimum Gasteiger partial charge on any atom is -0.378 e. The summed E-state index contributed by atoms with van der Waals surface area (Å²) in [5.74, 6) is 0. The molecule has 0 saturated carbocycles.